The van der Waals surface area contributed by atoms with Gasteiger partial charge in [-0.1, -0.05) is 127 Å². The highest BCUT2D eigenvalue weighted by atomic mass is 15.1. The number of hydrogen-bond donors (Lipinski definition) is 0. The van der Waals surface area contributed by atoms with E-state index >= 15 is 0 Å². The van der Waals surface area contributed by atoms with Gasteiger partial charge in [-0.25, -0.2) is 15.0 Å². The van der Waals surface area contributed by atoms with E-state index in [1.165, 1.54) is 16.3 Å². The Labute approximate surface area is 283 Å². The van der Waals surface area contributed by atoms with Gasteiger partial charge in [-0.2, -0.15) is 0 Å². The maximum absolute atomic E-state index is 5.15. The summed E-state index contributed by atoms with van der Waals surface area (Å²) in [6, 6.07) is 56.7. The van der Waals surface area contributed by atoms with Crippen molar-refractivity contribution in [1.82, 2.24) is 24.5 Å². The standard InChI is InChI=1S/C44H29N5/c1-4-12-30(13-5-1)34-20-22-37-36-18-10-11-19-39(36)49(40(37)28-34)41-29-35(31-24-26-45-27-25-31)21-23-38(41)44-47-42(32-14-6-2-7-15-32)46-43(48-44)33-16-8-3-9-17-33/h1-29H. The van der Waals surface area contributed by atoms with Crippen molar-refractivity contribution in [3.8, 4) is 62.1 Å². The normalized spacial score (nSPS) is 11.3. The van der Waals surface area contributed by atoms with Gasteiger partial charge in [0.1, 0.15) is 0 Å². The number of rotatable bonds is 6. The second-order valence-corrected chi connectivity index (χ2v) is 12.0. The van der Waals surface area contributed by atoms with Crippen LogP contribution in [0.5, 0.6) is 0 Å². The van der Waals surface area contributed by atoms with Crippen molar-refractivity contribution in [2.75, 3.05) is 0 Å². The van der Waals surface area contributed by atoms with Crippen molar-refractivity contribution < 1.29 is 0 Å². The molecule has 5 heteroatoms. The van der Waals surface area contributed by atoms with Gasteiger partial charge in [0.25, 0.3) is 0 Å². The number of para-hydroxylation sites is 1. The van der Waals surface area contributed by atoms with E-state index in [9.17, 15) is 0 Å². The fourth-order valence-corrected chi connectivity index (χ4v) is 6.60. The van der Waals surface area contributed by atoms with Gasteiger partial charge >= 0.3 is 0 Å². The van der Waals surface area contributed by atoms with Gasteiger partial charge in [0.15, 0.2) is 17.5 Å². The van der Waals surface area contributed by atoms with Crippen LogP contribution in [0.4, 0.5) is 0 Å². The highest BCUT2D eigenvalue weighted by Crippen LogP contribution is 2.39. The van der Waals surface area contributed by atoms with Crippen LogP contribution in [-0.4, -0.2) is 24.5 Å². The molecule has 0 aliphatic carbocycles. The molecular weight excluding hydrogens is 599 g/mol. The molecule has 0 spiro atoms. The van der Waals surface area contributed by atoms with Gasteiger partial charge < -0.3 is 4.57 Å². The van der Waals surface area contributed by atoms with Crippen LogP contribution in [0.25, 0.3) is 83.9 Å². The lowest BCUT2D eigenvalue weighted by molar-refractivity contribution is 1.06. The minimum absolute atomic E-state index is 0.606. The third-order valence-electron chi connectivity index (χ3n) is 8.97. The number of nitrogens with zero attached hydrogens (tertiary/aromatic N) is 5. The van der Waals surface area contributed by atoms with Gasteiger partial charge in [-0.15, -0.1) is 0 Å². The summed E-state index contributed by atoms with van der Waals surface area (Å²) in [5.74, 6) is 1.86. The highest BCUT2D eigenvalue weighted by Gasteiger charge is 2.20. The Morgan fingerprint density at radius 3 is 1.53 bits per heavy atom. The van der Waals surface area contributed by atoms with Gasteiger partial charge in [0.2, 0.25) is 0 Å². The van der Waals surface area contributed by atoms with Crippen molar-refractivity contribution in [3.05, 3.63) is 176 Å². The molecular formula is C44H29N5. The topological polar surface area (TPSA) is 56.5 Å². The SMILES string of the molecule is c1ccc(-c2ccc3c4ccccc4n(-c4cc(-c5ccncc5)ccc4-c4nc(-c5ccccc5)nc(-c5ccccc5)n4)c3c2)cc1. The van der Waals surface area contributed by atoms with E-state index in [1.807, 2.05) is 85.2 Å². The largest absolute Gasteiger partial charge is 0.308 e. The van der Waals surface area contributed by atoms with Gasteiger partial charge in [0.05, 0.1) is 16.7 Å². The smallest absolute Gasteiger partial charge is 0.166 e. The first kappa shape index (κ1) is 28.5. The second-order valence-electron chi connectivity index (χ2n) is 12.0. The van der Waals surface area contributed by atoms with Crippen molar-refractivity contribution in [1.29, 1.82) is 0 Å². The van der Waals surface area contributed by atoms with Crippen molar-refractivity contribution >= 4 is 21.8 Å². The quantitative estimate of drug-likeness (QED) is 0.184. The molecule has 0 aliphatic heterocycles. The van der Waals surface area contributed by atoms with Crippen LogP contribution in [0.3, 0.4) is 0 Å². The van der Waals surface area contributed by atoms with E-state index in [1.54, 1.807) is 0 Å². The molecule has 0 saturated heterocycles. The van der Waals surface area contributed by atoms with E-state index < -0.39 is 0 Å². The zero-order valence-corrected chi connectivity index (χ0v) is 26.5. The highest BCUT2D eigenvalue weighted by molar-refractivity contribution is 6.10. The van der Waals surface area contributed by atoms with Crippen LogP contribution in [0.1, 0.15) is 0 Å². The number of fused-ring (bicyclic) bond motifs is 3. The zero-order valence-electron chi connectivity index (χ0n) is 26.5. The Hall–Kier alpha value is -6.72. The minimum atomic E-state index is 0.606. The Kier molecular flexibility index (Phi) is 7.06. The summed E-state index contributed by atoms with van der Waals surface area (Å²) in [5.41, 5.74) is 10.5. The van der Waals surface area contributed by atoms with E-state index in [4.69, 9.17) is 15.0 Å². The molecule has 9 aromatic rings. The monoisotopic (exact) mass is 627 g/mol. The van der Waals surface area contributed by atoms with E-state index in [0.29, 0.717) is 17.5 Å². The molecule has 3 heterocycles. The molecule has 0 aliphatic rings. The summed E-state index contributed by atoms with van der Waals surface area (Å²) in [5, 5.41) is 2.36. The lowest BCUT2D eigenvalue weighted by Crippen LogP contribution is -2.04. The average Bonchev–Trinajstić information content (AvgIpc) is 3.52. The molecule has 0 bridgehead atoms. The number of pyridine rings is 1. The summed E-state index contributed by atoms with van der Waals surface area (Å²) in [6.45, 7) is 0. The summed E-state index contributed by atoms with van der Waals surface area (Å²) in [4.78, 5) is 19.5. The maximum atomic E-state index is 5.15. The fraction of sp³-hybridized carbons (Fsp3) is 0. The van der Waals surface area contributed by atoms with Crippen LogP contribution >= 0.6 is 0 Å². The van der Waals surface area contributed by atoms with Crippen LogP contribution < -0.4 is 0 Å². The Morgan fingerprint density at radius 2 is 0.857 bits per heavy atom. The molecule has 0 amide bonds. The summed E-state index contributed by atoms with van der Waals surface area (Å²) < 4.78 is 2.37. The van der Waals surface area contributed by atoms with Crippen molar-refractivity contribution in [3.63, 3.8) is 0 Å². The first-order chi connectivity index (χ1) is 24.3. The van der Waals surface area contributed by atoms with Crippen molar-refractivity contribution in [2.45, 2.75) is 0 Å². The molecule has 0 N–H and O–H groups in total. The maximum Gasteiger partial charge on any atom is 0.166 e. The molecule has 5 nitrogen and oxygen atoms in total. The average molecular weight is 628 g/mol. The van der Waals surface area contributed by atoms with Crippen LogP contribution in [0.2, 0.25) is 0 Å². The molecule has 3 aromatic heterocycles. The first-order valence-corrected chi connectivity index (χ1v) is 16.3. The Morgan fingerprint density at radius 1 is 0.347 bits per heavy atom. The molecule has 0 unspecified atom stereocenters. The van der Waals surface area contributed by atoms with Crippen LogP contribution in [0.15, 0.2) is 176 Å². The molecule has 230 valence electrons. The predicted molar refractivity (Wildman–Crippen MR) is 199 cm³/mol. The Balaban J connectivity index is 1.36. The van der Waals surface area contributed by atoms with Gasteiger partial charge in [-0.3, -0.25) is 4.98 Å². The van der Waals surface area contributed by atoms with Crippen molar-refractivity contribution in [2.24, 2.45) is 0 Å². The number of hydrogen-bond acceptors (Lipinski definition) is 4. The lowest BCUT2D eigenvalue weighted by Gasteiger charge is -2.16. The molecule has 0 fully saturated rings. The van der Waals surface area contributed by atoms with Crippen LogP contribution in [0, 0.1) is 0 Å². The predicted octanol–water partition coefficient (Wildman–Crippen LogP) is 10.7. The fourth-order valence-electron chi connectivity index (χ4n) is 6.60. The molecule has 49 heavy (non-hydrogen) atoms. The van der Waals surface area contributed by atoms with Crippen LogP contribution in [-0.2, 0) is 0 Å². The molecule has 9 rings (SSSR count). The second kappa shape index (κ2) is 12.1. The van der Waals surface area contributed by atoms with Gasteiger partial charge in [-0.05, 0) is 58.7 Å². The zero-order chi connectivity index (χ0) is 32.6. The lowest BCUT2D eigenvalue weighted by atomic mass is 10.0. The number of benzene rings is 6. The summed E-state index contributed by atoms with van der Waals surface area (Å²) in [6.07, 6.45) is 3.67. The summed E-state index contributed by atoms with van der Waals surface area (Å²) >= 11 is 0. The number of aromatic nitrogens is 5. The molecule has 0 saturated carbocycles. The molecule has 0 radical (unpaired) electrons. The molecule has 6 aromatic carbocycles. The van der Waals surface area contributed by atoms with Gasteiger partial charge in [0, 0.05) is 39.9 Å². The summed E-state index contributed by atoms with van der Waals surface area (Å²) in [7, 11) is 0. The first-order valence-electron chi connectivity index (χ1n) is 16.3. The third kappa shape index (κ3) is 5.24. The van der Waals surface area contributed by atoms with E-state index in [0.717, 1.165) is 50.1 Å². The third-order valence-corrected chi connectivity index (χ3v) is 8.97. The van der Waals surface area contributed by atoms with E-state index in [-0.39, 0.29) is 0 Å². The Bertz CT molecular complexity index is 2520. The van der Waals surface area contributed by atoms with E-state index in [2.05, 4.69) is 101 Å². The molecule has 0 atom stereocenters. The minimum Gasteiger partial charge on any atom is -0.308 e.